The van der Waals surface area contributed by atoms with Crippen molar-refractivity contribution in [1.82, 2.24) is 5.32 Å². The molecule has 0 aromatic heterocycles. The van der Waals surface area contributed by atoms with Gasteiger partial charge in [-0.2, -0.15) is 0 Å². The first-order valence-corrected chi connectivity index (χ1v) is 6.58. The van der Waals surface area contributed by atoms with Crippen LogP contribution in [-0.4, -0.2) is 31.4 Å². The highest BCUT2D eigenvalue weighted by Crippen LogP contribution is 2.29. The minimum Gasteiger partial charge on any atom is -0.491 e. The highest BCUT2D eigenvalue weighted by Gasteiger charge is 2.10. The summed E-state index contributed by atoms with van der Waals surface area (Å²) in [5, 5.41) is 12.5. The van der Waals surface area contributed by atoms with Crippen LogP contribution in [0.4, 0.5) is 0 Å². The molecule has 0 bridgehead atoms. The molecule has 0 fully saturated rings. The molecule has 0 spiro atoms. The van der Waals surface area contributed by atoms with Gasteiger partial charge < -0.3 is 15.2 Å². The zero-order chi connectivity index (χ0) is 12.8. The lowest BCUT2D eigenvalue weighted by Crippen LogP contribution is -2.29. The van der Waals surface area contributed by atoms with Crippen molar-refractivity contribution >= 4 is 15.9 Å². The Morgan fingerprint density at radius 2 is 2.12 bits per heavy atom. The Bertz CT molecular complexity index is 355. The van der Waals surface area contributed by atoms with Gasteiger partial charge in [0, 0.05) is 11.0 Å². The van der Waals surface area contributed by atoms with E-state index in [1.165, 1.54) is 0 Å². The van der Waals surface area contributed by atoms with Gasteiger partial charge in [0.2, 0.25) is 0 Å². The number of likely N-dealkylation sites (N-methyl/N-ethyl adjacent to an activating group) is 1. The topological polar surface area (TPSA) is 41.5 Å². The SMILES string of the molecule is CNCC(O)COc1ccc(Br)cc1C(C)C. The number of nitrogens with one attached hydrogen (secondary N) is 1. The van der Waals surface area contributed by atoms with Crippen molar-refractivity contribution in [1.29, 1.82) is 0 Å². The van der Waals surface area contributed by atoms with Crippen molar-refractivity contribution < 1.29 is 9.84 Å². The monoisotopic (exact) mass is 301 g/mol. The van der Waals surface area contributed by atoms with E-state index in [1.54, 1.807) is 0 Å². The molecule has 0 saturated carbocycles. The number of ether oxygens (including phenoxy) is 1. The normalized spacial score (nSPS) is 12.8. The smallest absolute Gasteiger partial charge is 0.122 e. The lowest BCUT2D eigenvalue weighted by atomic mass is 10.0. The summed E-state index contributed by atoms with van der Waals surface area (Å²) in [6.07, 6.45) is -0.483. The molecule has 96 valence electrons. The first kappa shape index (κ1) is 14.5. The molecule has 1 aromatic rings. The molecule has 0 aliphatic rings. The number of hydrogen-bond donors (Lipinski definition) is 2. The molecule has 4 heteroatoms. The Morgan fingerprint density at radius 3 is 2.71 bits per heavy atom. The van der Waals surface area contributed by atoms with Crippen LogP contribution in [0.1, 0.15) is 25.3 Å². The molecule has 1 atom stereocenters. The molecule has 0 aliphatic carbocycles. The third kappa shape index (κ3) is 4.66. The van der Waals surface area contributed by atoms with Gasteiger partial charge in [0.15, 0.2) is 0 Å². The summed E-state index contributed by atoms with van der Waals surface area (Å²) in [6, 6.07) is 5.95. The van der Waals surface area contributed by atoms with Crippen LogP contribution in [-0.2, 0) is 0 Å². The first-order chi connectivity index (χ1) is 8.04. The van der Waals surface area contributed by atoms with Crippen molar-refractivity contribution in [3.05, 3.63) is 28.2 Å². The van der Waals surface area contributed by atoms with Gasteiger partial charge in [0.05, 0.1) is 0 Å². The number of aliphatic hydroxyl groups excluding tert-OH is 1. The Morgan fingerprint density at radius 1 is 1.41 bits per heavy atom. The summed E-state index contributed by atoms with van der Waals surface area (Å²) in [4.78, 5) is 0. The quantitative estimate of drug-likeness (QED) is 0.848. The van der Waals surface area contributed by atoms with E-state index in [0.717, 1.165) is 15.8 Å². The van der Waals surface area contributed by atoms with Crippen molar-refractivity contribution in [2.75, 3.05) is 20.2 Å². The summed E-state index contributed by atoms with van der Waals surface area (Å²) in [5.41, 5.74) is 1.15. The number of rotatable bonds is 6. The van der Waals surface area contributed by atoms with E-state index >= 15 is 0 Å². The van der Waals surface area contributed by atoms with Crippen LogP contribution in [0.5, 0.6) is 5.75 Å². The molecule has 1 rings (SSSR count). The van der Waals surface area contributed by atoms with Gasteiger partial charge in [-0.15, -0.1) is 0 Å². The summed E-state index contributed by atoms with van der Waals surface area (Å²) in [5.74, 6) is 1.24. The lowest BCUT2D eigenvalue weighted by Gasteiger charge is -2.16. The van der Waals surface area contributed by atoms with E-state index in [1.807, 2.05) is 19.2 Å². The van der Waals surface area contributed by atoms with Gasteiger partial charge in [-0.3, -0.25) is 0 Å². The second-order valence-electron chi connectivity index (χ2n) is 4.36. The van der Waals surface area contributed by atoms with E-state index in [4.69, 9.17) is 4.74 Å². The van der Waals surface area contributed by atoms with Gasteiger partial charge in [0.25, 0.3) is 0 Å². The third-order valence-electron chi connectivity index (χ3n) is 2.46. The van der Waals surface area contributed by atoms with E-state index in [9.17, 15) is 5.11 Å². The van der Waals surface area contributed by atoms with E-state index in [2.05, 4.69) is 41.2 Å². The summed E-state index contributed by atoms with van der Waals surface area (Å²) < 4.78 is 6.70. The van der Waals surface area contributed by atoms with Crippen LogP contribution in [0.25, 0.3) is 0 Å². The van der Waals surface area contributed by atoms with Gasteiger partial charge >= 0.3 is 0 Å². The molecule has 1 unspecified atom stereocenters. The van der Waals surface area contributed by atoms with Crippen molar-refractivity contribution in [2.45, 2.75) is 25.9 Å². The zero-order valence-electron chi connectivity index (χ0n) is 10.5. The molecular weight excluding hydrogens is 282 g/mol. The number of aliphatic hydroxyl groups is 1. The molecule has 1 aromatic carbocycles. The maximum absolute atomic E-state index is 9.60. The zero-order valence-corrected chi connectivity index (χ0v) is 12.1. The Balaban J connectivity index is 2.70. The fourth-order valence-corrected chi connectivity index (χ4v) is 1.96. The van der Waals surface area contributed by atoms with Crippen LogP contribution in [0.2, 0.25) is 0 Å². The summed E-state index contributed by atoms with van der Waals surface area (Å²) in [6.45, 7) is 5.09. The summed E-state index contributed by atoms with van der Waals surface area (Å²) >= 11 is 3.45. The molecule has 2 N–H and O–H groups in total. The third-order valence-corrected chi connectivity index (χ3v) is 2.96. The van der Waals surface area contributed by atoms with Crippen LogP contribution in [0.15, 0.2) is 22.7 Å². The molecule has 0 aliphatic heterocycles. The summed E-state index contributed by atoms with van der Waals surface area (Å²) in [7, 11) is 1.81. The molecule has 0 heterocycles. The largest absolute Gasteiger partial charge is 0.491 e. The fourth-order valence-electron chi connectivity index (χ4n) is 1.58. The van der Waals surface area contributed by atoms with Gasteiger partial charge in [-0.05, 0) is 36.7 Å². The van der Waals surface area contributed by atoms with Crippen molar-refractivity contribution in [3.63, 3.8) is 0 Å². The molecular formula is C13H20BrNO2. The Labute approximate surface area is 111 Å². The first-order valence-electron chi connectivity index (χ1n) is 5.79. The van der Waals surface area contributed by atoms with Crippen LogP contribution in [0.3, 0.4) is 0 Å². The Kier molecular flexibility index (Phi) is 5.95. The van der Waals surface area contributed by atoms with Crippen LogP contribution in [0, 0.1) is 0 Å². The Hall–Kier alpha value is -0.580. The fraction of sp³-hybridized carbons (Fsp3) is 0.538. The predicted molar refractivity (Wildman–Crippen MR) is 73.7 cm³/mol. The minimum absolute atomic E-state index is 0.308. The lowest BCUT2D eigenvalue weighted by molar-refractivity contribution is 0.107. The average Bonchev–Trinajstić information content (AvgIpc) is 2.27. The highest BCUT2D eigenvalue weighted by atomic mass is 79.9. The molecule has 3 nitrogen and oxygen atoms in total. The van der Waals surface area contributed by atoms with Crippen molar-refractivity contribution in [3.8, 4) is 5.75 Å². The average molecular weight is 302 g/mol. The standard InChI is InChI=1S/C13H20BrNO2/c1-9(2)12-6-10(14)4-5-13(12)17-8-11(16)7-15-3/h4-6,9,11,15-16H,7-8H2,1-3H3. The molecule has 0 radical (unpaired) electrons. The number of benzene rings is 1. The highest BCUT2D eigenvalue weighted by molar-refractivity contribution is 9.10. The number of hydrogen-bond acceptors (Lipinski definition) is 3. The molecule has 0 saturated heterocycles. The second-order valence-corrected chi connectivity index (χ2v) is 5.28. The van der Waals surface area contributed by atoms with E-state index in [0.29, 0.717) is 19.1 Å². The molecule has 0 amide bonds. The van der Waals surface area contributed by atoms with Crippen LogP contribution >= 0.6 is 15.9 Å². The van der Waals surface area contributed by atoms with E-state index < -0.39 is 6.10 Å². The van der Waals surface area contributed by atoms with E-state index in [-0.39, 0.29) is 0 Å². The van der Waals surface area contributed by atoms with Gasteiger partial charge in [0.1, 0.15) is 18.5 Å². The number of halogens is 1. The predicted octanol–water partition coefficient (Wildman–Crippen LogP) is 2.53. The van der Waals surface area contributed by atoms with Crippen LogP contribution < -0.4 is 10.1 Å². The minimum atomic E-state index is -0.483. The maximum atomic E-state index is 9.60. The maximum Gasteiger partial charge on any atom is 0.122 e. The van der Waals surface area contributed by atoms with Gasteiger partial charge in [-0.1, -0.05) is 29.8 Å². The molecule has 17 heavy (non-hydrogen) atoms. The van der Waals surface area contributed by atoms with Gasteiger partial charge in [-0.25, -0.2) is 0 Å². The van der Waals surface area contributed by atoms with Crippen molar-refractivity contribution in [2.24, 2.45) is 0 Å². The second kappa shape index (κ2) is 6.99.